The molecule has 0 aliphatic carbocycles. The third-order valence-corrected chi connectivity index (χ3v) is 2.56. The number of nitrogens with two attached hydrogens (primary N) is 1. The molecule has 3 nitrogen and oxygen atoms in total. The monoisotopic (exact) mass is 244 g/mol. The number of hydrogen-bond donors (Lipinski definition) is 2. The summed E-state index contributed by atoms with van der Waals surface area (Å²) in [6.45, 7) is 5.69. The Morgan fingerprint density at radius 1 is 1.36 bits per heavy atom. The average molecular weight is 245 g/mol. The van der Waals surface area contributed by atoms with E-state index in [9.17, 15) is 0 Å². The van der Waals surface area contributed by atoms with Crippen molar-refractivity contribution in [3.05, 3.63) is 0 Å². The molecule has 0 aromatic rings. The van der Waals surface area contributed by atoms with Gasteiger partial charge in [-0.1, -0.05) is 0 Å². The van der Waals surface area contributed by atoms with Crippen molar-refractivity contribution in [3.8, 4) is 0 Å². The highest BCUT2D eigenvalue weighted by molar-refractivity contribution is 5.85. The number of aliphatic hydroxyl groups is 1. The molecule has 0 bridgehead atoms. The van der Waals surface area contributed by atoms with E-state index >= 15 is 0 Å². The molecule has 1 unspecified atom stereocenters. The van der Waals surface area contributed by atoms with Gasteiger partial charge >= 0.3 is 0 Å². The van der Waals surface area contributed by atoms with E-state index in [1.807, 2.05) is 6.92 Å². The lowest BCUT2D eigenvalue weighted by Gasteiger charge is -2.31. The average Bonchev–Trinajstić information content (AvgIpc) is 2.05. The highest BCUT2D eigenvalue weighted by Crippen LogP contribution is 2.15. The molecule has 1 rings (SSSR count). The lowest BCUT2D eigenvalue weighted by Crippen LogP contribution is -2.39. The van der Waals surface area contributed by atoms with Crippen LogP contribution in [-0.4, -0.2) is 42.3 Å². The minimum absolute atomic E-state index is 0. The summed E-state index contributed by atoms with van der Waals surface area (Å²) in [4.78, 5) is 2.32. The van der Waals surface area contributed by atoms with Crippen LogP contribution in [0.3, 0.4) is 0 Å². The molecule has 0 amide bonds. The van der Waals surface area contributed by atoms with Gasteiger partial charge in [-0.15, -0.1) is 24.8 Å². The molecule has 0 aromatic carbocycles. The van der Waals surface area contributed by atoms with Crippen molar-refractivity contribution >= 4 is 24.8 Å². The number of hydrogen-bond acceptors (Lipinski definition) is 3. The molecule has 5 heteroatoms. The van der Waals surface area contributed by atoms with Crippen LogP contribution in [0.25, 0.3) is 0 Å². The van der Waals surface area contributed by atoms with Gasteiger partial charge in [-0.3, -0.25) is 0 Å². The Labute approximate surface area is 98.9 Å². The Hall–Kier alpha value is 0.460. The Balaban J connectivity index is 0. The SMILES string of the molecule is CC(O)CN1CCC(CN)CC1.Cl.Cl. The summed E-state index contributed by atoms with van der Waals surface area (Å²) in [6.07, 6.45) is 2.20. The Kier molecular flexibility index (Phi) is 10.5. The maximum atomic E-state index is 9.16. The van der Waals surface area contributed by atoms with Gasteiger partial charge in [0.2, 0.25) is 0 Å². The van der Waals surface area contributed by atoms with Gasteiger partial charge in [-0.25, -0.2) is 0 Å². The number of piperidine rings is 1. The second-order valence-corrected chi connectivity index (χ2v) is 3.83. The number of halogens is 2. The van der Waals surface area contributed by atoms with Gasteiger partial charge in [-0.05, 0) is 45.3 Å². The van der Waals surface area contributed by atoms with Crippen LogP contribution in [0.15, 0.2) is 0 Å². The van der Waals surface area contributed by atoms with Crippen molar-refractivity contribution in [2.45, 2.75) is 25.9 Å². The quantitative estimate of drug-likeness (QED) is 0.776. The van der Waals surface area contributed by atoms with Crippen molar-refractivity contribution in [1.29, 1.82) is 0 Å². The zero-order valence-electron chi connectivity index (χ0n) is 8.69. The van der Waals surface area contributed by atoms with Crippen LogP contribution in [0, 0.1) is 5.92 Å². The molecule has 1 heterocycles. The predicted octanol–water partition coefficient (Wildman–Crippen LogP) is 0.881. The van der Waals surface area contributed by atoms with Gasteiger partial charge in [0.05, 0.1) is 6.10 Å². The largest absolute Gasteiger partial charge is 0.392 e. The third-order valence-electron chi connectivity index (χ3n) is 2.56. The molecule has 1 aliphatic rings. The molecule has 0 saturated carbocycles. The Morgan fingerprint density at radius 3 is 2.21 bits per heavy atom. The van der Waals surface area contributed by atoms with E-state index in [2.05, 4.69) is 4.90 Å². The van der Waals surface area contributed by atoms with E-state index in [0.29, 0.717) is 0 Å². The molecular weight excluding hydrogens is 223 g/mol. The molecule has 14 heavy (non-hydrogen) atoms. The highest BCUT2D eigenvalue weighted by Gasteiger charge is 2.18. The van der Waals surface area contributed by atoms with Crippen LogP contribution < -0.4 is 5.73 Å². The second-order valence-electron chi connectivity index (χ2n) is 3.83. The lowest BCUT2D eigenvalue weighted by atomic mass is 9.97. The number of nitrogens with zero attached hydrogens (tertiary/aromatic N) is 1. The molecule has 1 atom stereocenters. The second kappa shape index (κ2) is 8.74. The lowest BCUT2D eigenvalue weighted by molar-refractivity contribution is 0.101. The van der Waals surface area contributed by atoms with Crippen molar-refractivity contribution in [2.24, 2.45) is 11.7 Å². The standard InChI is InChI=1S/C9H20N2O.2ClH/c1-8(12)7-11-4-2-9(6-10)3-5-11;;/h8-9,12H,2-7,10H2,1H3;2*1H. The summed E-state index contributed by atoms with van der Waals surface area (Å²) in [6, 6.07) is 0. The Bertz CT molecular complexity index is 128. The first-order valence-corrected chi connectivity index (χ1v) is 4.83. The molecule has 1 saturated heterocycles. The minimum Gasteiger partial charge on any atom is -0.392 e. The van der Waals surface area contributed by atoms with Gasteiger partial charge in [-0.2, -0.15) is 0 Å². The molecule has 0 spiro atoms. The first-order valence-electron chi connectivity index (χ1n) is 4.83. The molecule has 0 radical (unpaired) electrons. The summed E-state index contributed by atoms with van der Waals surface area (Å²) < 4.78 is 0. The summed E-state index contributed by atoms with van der Waals surface area (Å²) in [5, 5.41) is 9.16. The number of aliphatic hydroxyl groups excluding tert-OH is 1. The molecule has 3 N–H and O–H groups in total. The number of β-amino-alcohol motifs (C(OH)–C–C–N with tert-alkyl or cyclic N) is 1. The Morgan fingerprint density at radius 2 is 1.86 bits per heavy atom. The van der Waals surface area contributed by atoms with E-state index in [1.54, 1.807) is 0 Å². The van der Waals surface area contributed by atoms with Gasteiger partial charge in [0.15, 0.2) is 0 Å². The zero-order valence-corrected chi connectivity index (χ0v) is 10.3. The topological polar surface area (TPSA) is 49.5 Å². The maximum absolute atomic E-state index is 9.16. The first-order chi connectivity index (χ1) is 5.72. The van der Waals surface area contributed by atoms with Gasteiger partial charge in [0.25, 0.3) is 0 Å². The van der Waals surface area contributed by atoms with Crippen molar-refractivity contribution in [3.63, 3.8) is 0 Å². The van der Waals surface area contributed by atoms with Crippen molar-refractivity contribution in [2.75, 3.05) is 26.2 Å². The fraction of sp³-hybridized carbons (Fsp3) is 1.00. The van der Waals surface area contributed by atoms with E-state index in [4.69, 9.17) is 10.8 Å². The summed E-state index contributed by atoms with van der Waals surface area (Å²) >= 11 is 0. The van der Waals surface area contributed by atoms with Gasteiger partial charge < -0.3 is 15.7 Å². The zero-order chi connectivity index (χ0) is 8.97. The smallest absolute Gasteiger partial charge is 0.0639 e. The van der Waals surface area contributed by atoms with Gasteiger partial charge in [0, 0.05) is 6.54 Å². The maximum Gasteiger partial charge on any atom is 0.0639 e. The first kappa shape index (κ1) is 16.9. The van der Waals surface area contributed by atoms with Crippen LogP contribution in [0.1, 0.15) is 19.8 Å². The molecular formula is C9H22Cl2N2O. The van der Waals surface area contributed by atoms with E-state index in [-0.39, 0.29) is 30.9 Å². The summed E-state index contributed by atoms with van der Waals surface area (Å²) in [7, 11) is 0. The van der Waals surface area contributed by atoms with Crippen LogP contribution in [-0.2, 0) is 0 Å². The van der Waals surface area contributed by atoms with Crippen molar-refractivity contribution in [1.82, 2.24) is 4.90 Å². The van der Waals surface area contributed by atoms with E-state index < -0.39 is 0 Å². The number of rotatable bonds is 3. The fourth-order valence-corrected chi connectivity index (χ4v) is 1.78. The van der Waals surface area contributed by atoms with E-state index in [1.165, 1.54) is 12.8 Å². The summed E-state index contributed by atoms with van der Waals surface area (Å²) in [5.41, 5.74) is 5.58. The van der Waals surface area contributed by atoms with Crippen LogP contribution in [0.2, 0.25) is 0 Å². The normalized spacial score (nSPS) is 20.8. The number of likely N-dealkylation sites (tertiary alicyclic amines) is 1. The summed E-state index contributed by atoms with van der Waals surface area (Å²) in [5.74, 6) is 0.718. The highest BCUT2D eigenvalue weighted by atomic mass is 35.5. The van der Waals surface area contributed by atoms with E-state index in [0.717, 1.165) is 32.1 Å². The minimum atomic E-state index is -0.195. The van der Waals surface area contributed by atoms with Gasteiger partial charge in [0.1, 0.15) is 0 Å². The molecule has 88 valence electrons. The van der Waals surface area contributed by atoms with Crippen molar-refractivity contribution < 1.29 is 5.11 Å². The molecule has 1 fully saturated rings. The molecule has 0 aromatic heterocycles. The fourth-order valence-electron chi connectivity index (χ4n) is 1.78. The van der Waals surface area contributed by atoms with Crippen LogP contribution in [0.4, 0.5) is 0 Å². The van der Waals surface area contributed by atoms with Crippen LogP contribution >= 0.6 is 24.8 Å². The predicted molar refractivity (Wildman–Crippen MR) is 64.4 cm³/mol. The third kappa shape index (κ3) is 6.04. The van der Waals surface area contributed by atoms with Crippen LogP contribution in [0.5, 0.6) is 0 Å². The molecule has 1 aliphatic heterocycles.